The second-order valence-corrected chi connectivity index (χ2v) is 7.19. The molecule has 1 fully saturated rings. The monoisotopic (exact) mass is 403 g/mol. The summed E-state index contributed by atoms with van der Waals surface area (Å²) >= 11 is 0. The van der Waals surface area contributed by atoms with Crippen LogP contribution in [0, 0.1) is 0 Å². The summed E-state index contributed by atoms with van der Waals surface area (Å²) in [7, 11) is 0. The van der Waals surface area contributed by atoms with Crippen molar-refractivity contribution in [3.63, 3.8) is 0 Å². The zero-order chi connectivity index (χ0) is 20.5. The summed E-state index contributed by atoms with van der Waals surface area (Å²) in [6, 6.07) is 14.0. The number of benzene rings is 2. The Morgan fingerprint density at radius 1 is 1.03 bits per heavy atom. The minimum atomic E-state index is -4.36. The summed E-state index contributed by atoms with van der Waals surface area (Å²) in [5, 5.41) is 2.87. The number of anilines is 1. The molecule has 2 aliphatic rings. The van der Waals surface area contributed by atoms with Crippen molar-refractivity contribution < 1.29 is 22.8 Å². The highest BCUT2D eigenvalue weighted by atomic mass is 19.4. The number of carbonyl (C=O) groups is 1. The predicted molar refractivity (Wildman–Crippen MR) is 103 cm³/mol. The Hall–Kier alpha value is -3.00. The average molecular weight is 403 g/mol. The number of piperidine rings is 1. The van der Waals surface area contributed by atoms with Gasteiger partial charge in [-0.05, 0) is 35.9 Å². The summed E-state index contributed by atoms with van der Waals surface area (Å²) in [4.78, 5) is 19.9. The van der Waals surface area contributed by atoms with Crippen molar-refractivity contribution >= 4 is 17.4 Å². The van der Waals surface area contributed by atoms with Gasteiger partial charge in [-0.2, -0.15) is 13.2 Å². The Labute approximate surface area is 166 Å². The van der Waals surface area contributed by atoms with Crippen molar-refractivity contribution in [2.45, 2.75) is 24.6 Å². The number of hydrogen-bond acceptors (Lipinski definition) is 3. The molecule has 4 rings (SSSR count). The molecule has 2 aromatic rings. The fraction of sp³-hybridized carbons (Fsp3) is 0.286. The molecule has 2 aromatic carbocycles. The molecular formula is C21H20F3N3O2. The van der Waals surface area contributed by atoms with Crippen LogP contribution in [0.25, 0.3) is 5.70 Å². The fourth-order valence-corrected chi connectivity index (χ4v) is 3.52. The standard InChI is InChI=1S/C21H20F3N3O2/c22-21(23,24)16-8-6-15(7-9-16)18-14-20(29-26-18)10-12-27(13-11-20)19(28)25-17-4-2-1-3-5-17/h1-9,14,26H,10-13H2,(H,25,28). The van der Waals surface area contributed by atoms with E-state index >= 15 is 0 Å². The van der Waals surface area contributed by atoms with Crippen LogP contribution in [0.4, 0.5) is 23.7 Å². The third-order valence-electron chi connectivity index (χ3n) is 5.22. The maximum absolute atomic E-state index is 12.7. The maximum Gasteiger partial charge on any atom is 0.416 e. The first-order valence-electron chi connectivity index (χ1n) is 9.30. The van der Waals surface area contributed by atoms with E-state index in [1.165, 1.54) is 12.1 Å². The Balaban J connectivity index is 1.39. The highest BCUT2D eigenvalue weighted by Crippen LogP contribution is 2.36. The Morgan fingerprint density at radius 3 is 2.31 bits per heavy atom. The number of alkyl halides is 3. The maximum atomic E-state index is 12.7. The van der Waals surface area contributed by atoms with E-state index in [9.17, 15) is 18.0 Å². The second-order valence-electron chi connectivity index (χ2n) is 7.19. The van der Waals surface area contributed by atoms with Gasteiger partial charge in [-0.25, -0.2) is 4.79 Å². The summed E-state index contributed by atoms with van der Waals surface area (Å²) in [5.41, 5.74) is 3.58. The van der Waals surface area contributed by atoms with E-state index in [2.05, 4.69) is 10.8 Å². The van der Waals surface area contributed by atoms with Crippen molar-refractivity contribution in [2.24, 2.45) is 0 Å². The Morgan fingerprint density at radius 2 is 1.69 bits per heavy atom. The van der Waals surface area contributed by atoms with Gasteiger partial charge in [0.1, 0.15) is 5.60 Å². The third-order valence-corrected chi connectivity index (χ3v) is 5.22. The van der Waals surface area contributed by atoms with Crippen LogP contribution >= 0.6 is 0 Å². The number of hydrogen-bond donors (Lipinski definition) is 2. The van der Waals surface area contributed by atoms with Crippen LogP contribution in [-0.2, 0) is 11.0 Å². The van der Waals surface area contributed by atoms with Crippen molar-refractivity contribution in [1.82, 2.24) is 10.4 Å². The van der Waals surface area contributed by atoms with Crippen LogP contribution in [-0.4, -0.2) is 29.6 Å². The molecule has 2 aliphatic heterocycles. The number of rotatable bonds is 2. The molecule has 1 spiro atoms. The molecule has 0 saturated carbocycles. The molecular weight excluding hydrogens is 383 g/mol. The van der Waals surface area contributed by atoms with Crippen LogP contribution in [0.1, 0.15) is 24.0 Å². The van der Waals surface area contributed by atoms with Gasteiger partial charge in [0.05, 0.1) is 11.3 Å². The summed E-state index contributed by atoms with van der Waals surface area (Å²) in [5.74, 6) is 0. The van der Waals surface area contributed by atoms with E-state index in [1.807, 2.05) is 36.4 Å². The van der Waals surface area contributed by atoms with Gasteiger partial charge in [0.15, 0.2) is 0 Å². The van der Waals surface area contributed by atoms with Crippen LogP contribution in [0.3, 0.4) is 0 Å². The zero-order valence-electron chi connectivity index (χ0n) is 15.5. The lowest BCUT2D eigenvalue weighted by molar-refractivity contribution is -0.137. The molecule has 0 atom stereocenters. The molecule has 1 saturated heterocycles. The minimum absolute atomic E-state index is 0.163. The van der Waals surface area contributed by atoms with E-state index in [-0.39, 0.29) is 6.03 Å². The molecule has 2 N–H and O–H groups in total. The number of urea groups is 1. The topological polar surface area (TPSA) is 53.6 Å². The minimum Gasteiger partial charge on any atom is -0.324 e. The predicted octanol–water partition coefficient (Wildman–Crippen LogP) is 4.65. The molecule has 0 aliphatic carbocycles. The quantitative estimate of drug-likeness (QED) is 0.768. The van der Waals surface area contributed by atoms with Gasteiger partial charge in [0.25, 0.3) is 0 Å². The van der Waals surface area contributed by atoms with Crippen molar-refractivity contribution in [2.75, 3.05) is 18.4 Å². The number of nitrogens with zero attached hydrogens (tertiary/aromatic N) is 1. The summed E-state index contributed by atoms with van der Waals surface area (Å²) < 4.78 is 38.2. The Bertz CT molecular complexity index is 903. The van der Waals surface area contributed by atoms with Gasteiger partial charge in [-0.15, -0.1) is 0 Å². The number of nitrogens with one attached hydrogen (secondary N) is 2. The first-order valence-corrected chi connectivity index (χ1v) is 9.30. The molecule has 2 amide bonds. The van der Waals surface area contributed by atoms with Gasteiger partial charge in [0.2, 0.25) is 0 Å². The third kappa shape index (κ3) is 4.22. The van der Waals surface area contributed by atoms with Gasteiger partial charge in [0, 0.05) is 31.6 Å². The normalized spacial score (nSPS) is 18.3. The summed E-state index contributed by atoms with van der Waals surface area (Å²) in [6.45, 7) is 1.02. The van der Waals surface area contributed by atoms with Gasteiger partial charge in [-0.3, -0.25) is 10.3 Å². The molecule has 8 heteroatoms. The molecule has 0 bridgehead atoms. The molecule has 2 heterocycles. The Kier molecular flexibility index (Phi) is 4.96. The van der Waals surface area contributed by atoms with E-state index in [4.69, 9.17) is 4.84 Å². The number of hydroxylamine groups is 1. The van der Waals surface area contributed by atoms with Crippen molar-refractivity contribution in [1.29, 1.82) is 0 Å². The molecule has 152 valence electrons. The van der Waals surface area contributed by atoms with E-state index in [0.717, 1.165) is 17.8 Å². The van der Waals surface area contributed by atoms with Gasteiger partial charge < -0.3 is 10.2 Å². The molecule has 0 aromatic heterocycles. The fourth-order valence-electron chi connectivity index (χ4n) is 3.52. The molecule has 29 heavy (non-hydrogen) atoms. The second kappa shape index (κ2) is 7.44. The number of likely N-dealkylation sites (tertiary alicyclic amines) is 1. The largest absolute Gasteiger partial charge is 0.416 e. The van der Waals surface area contributed by atoms with Crippen molar-refractivity contribution in [3.05, 3.63) is 71.8 Å². The first-order chi connectivity index (χ1) is 13.8. The highest BCUT2D eigenvalue weighted by Gasteiger charge is 2.40. The first kappa shape index (κ1) is 19.3. The molecule has 0 radical (unpaired) electrons. The van der Waals surface area contributed by atoms with Gasteiger partial charge >= 0.3 is 12.2 Å². The number of carbonyl (C=O) groups excluding carboxylic acids is 1. The lowest BCUT2D eigenvalue weighted by Crippen LogP contribution is -2.48. The van der Waals surface area contributed by atoms with Gasteiger partial charge in [-0.1, -0.05) is 30.3 Å². The van der Waals surface area contributed by atoms with E-state index in [0.29, 0.717) is 37.2 Å². The number of halogens is 3. The van der Waals surface area contributed by atoms with E-state index in [1.54, 1.807) is 4.90 Å². The zero-order valence-corrected chi connectivity index (χ0v) is 15.5. The SMILES string of the molecule is O=C(Nc1ccccc1)N1CCC2(C=C(c3ccc(C(F)(F)F)cc3)NO2)CC1. The summed E-state index contributed by atoms with van der Waals surface area (Å²) in [6.07, 6.45) is -1.28. The lowest BCUT2D eigenvalue weighted by Gasteiger charge is -2.36. The lowest BCUT2D eigenvalue weighted by atomic mass is 9.90. The number of para-hydroxylation sites is 1. The van der Waals surface area contributed by atoms with Crippen molar-refractivity contribution in [3.8, 4) is 0 Å². The van der Waals surface area contributed by atoms with E-state index < -0.39 is 17.3 Å². The molecule has 5 nitrogen and oxygen atoms in total. The smallest absolute Gasteiger partial charge is 0.324 e. The highest BCUT2D eigenvalue weighted by molar-refractivity contribution is 5.89. The van der Waals surface area contributed by atoms with Crippen LogP contribution in [0.5, 0.6) is 0 Å². The van der Waals surface area contributed by atoms with Crippen LogP contribution < -0.4 is 10.8 Å². The number of amides is 2. The van der Waals surface area contributed by atoms with Crippen LogP contribution in [0.15, 0.2) is 60.7 Å². The molecule has 0 unspecified atom stereocenters. The van der Waals surface area contributed by atoms with Crippen LogP contribution in [0.2, 0.25) is 0 Å². The average Bonchev–Trinajstić information content (AvgIpc) is 3.12.